The fourth-order valence-electron chi connectivity index (χ4n) is 6.03. The highest BCUT2D eigenvalue weighted by atomic mass is 35.5. The zero-order valence-electron chi connectivity index (χ0n) is 23.5. The molecule has 2 amide bonds. The van der Waals surface area contributed by atoms with E-state index in [0.717, 1.165) is 47.5 Å². The summed E-state index contributed by atoms with van der Waals surface area (Å²) in [5, 5.41) is 8.61. The molecular formula is C31H34ClN7O2. The highest BCUT2D eigenvalue weighted by Gasteiger charge is 2.47. The van der Waals surface area contributed by atoms with Gasteiger partial charge in [-0.3, -0.25) is 9.67 Å². The van der Waals surface area contributed by atoms with E-state index in [9.17, 15) is 4.79 Å². The molecule has 1 aromatic carbocycles. The topological polar surface area (TPSA) is 111 Å². The molecule has 6 rings (SSSR count). The lowest BCUT2D eigenvalue weighted by atomic mass is 9.82. The standard InChI is InChI=1S/C31H34ClN7O2/c1-20(21-7-5-4-6-8-21)41-26-15-22(17-35-28(26)33)25-16-27-31(11-14-39(27)37-25)10-13-38(19-31)29(40)36-30(2,3)23-9-12-34-18-24(23)32/h4-9,12,15-18,20H,10-11,13-14,19H2,1-3H3,(H2,33,35)(H,36,40)/t20-,31?/m0/s1. The zero-order chi connectivity index (χ0) is 28.8. The number of rotatable bonds is 6. The van der Waals surface area contributed by atoms with E-state index < -0.39 is 5.54 Å². The monoisotopic (exact) mass is 571 g/mol. The van der Waals surface area contributed by atoms with Gasteiger partial charge in [0.2, 0.25) is 0 Å². The summed E-state index contributed by atoms with van der Waals surface area (Å²) in [6, 6.07) is 15.8. The van der Waals surface area contributed by atoms with Crippen LogP contribution in [0.4, 0.5) is 10.6 Å². The molecule has 0 saturated carbocycles. The molecule has 3 aromatic heterocycles. The van der Waals surface area contributed by atoms with Gasteiger partial charge in [0.05, 0.1) is 16.3 Å². The molecule has 0 radical (unpaired) electrons. The predicted molar refractivity (Wildman–Crippen MR) is 159 cm³/mol. The highest BCUT2D eigenvalue weighted by Crippen LogP contribution is 2.44. The second-order valence-electron chi connectivity index (χ2n) is 11.5. The van der Waals surface area contributed by atoms with Gasteiger partial charge < -0.3 is 20.7 Å². The van der Waals surface area contributed by atoms with E-state index in [4.69, 9.17) is 27.2 Å². The van der Waals surface area contributed by atoms with Crippen molar-refractivity contribution in [2.45, 2.75) is 57.2 Å². The van der Waals surface area contributed by atoms with Crippen molar-refractivity contribution >= 4 is 23.4 Å². The number of halogens is 1. The maximum absolute atomic E-state index is 13.4. The Morgan fingerprint density at radius 2 is 1.93 bits per heavy atom. The number of benzene rings is 1. The van der Waals surface area contributed by atoms with Crippen molar-refractivity contribution in [3.63, 3.8) is 0 Å². The molecule has 1 unspecified atom stereocenters. The van der Waals surface area contributed by atoms with Gasteiger partial charge >= 0.3 is 6.03 Å². The third-order valence-corrected chi connectivity index (χ3v) is 8.68. The normalized spacial score (nSPS) is 18.9. The number of anilines is 1. The van der Waals surface area contributed by atoms with E-state index in [1.807, 2.05) is 68.1 Å². The number of hydrogen-bond donors (Lipinski definition) is 2. The first kappa shape index (κ1) is 27.1. The summed E-state index contributed by atoms with van der Waals surface area (Å²) in [6.07, 6.45) is 6.67. The maximum atomic E-state index is 13.4. The summed E-state index contributed by atoms with van der Waals surface area (Å²) in [7, 11) is 0. The van der Waals surface area contributed by atoms with Crippen molar-refractivity contribution in [3.05, 3.63) is 89.0 Å². The van der Waals surface area contributed by atoms with Crippen LogP contribution in [0.25, 0.3) is 11.3 Å². The number of hydrogen-bond acceptors (Lipinski definition) is 6. The molecule has 2 aliphatic heterocycles. The maximum Gasteiger partial charge on any atom is 0.318 e. The fraction of sp³-hybridized carbons (Fsp3) is 0.355. The number of likely N-dealkylation sites (tertiary alicyclic amines) is 1. The SMILES string of the molecule is C[C@H](Oc1cc(-c2cc3n(n2)CCC32CCN(C(=O)NC(C)(C)c3ccncc3Cl)C2)cnc1N)c1ccccc1. The van der Waals surface area contributed by atoms with Gasteiger partial charge in [0.25, 0.3) is 0 Å². The Bertz CT molecular complexity index is 1590. The van der Waals surface area contributed by atoms with Gasteiger partial charge in [-0.15, -0.1) is 0 Å². The lowest BCUT2D eigenvalue weighted by molar-refractivity contribution is 0.194. The Labute approximate surface area is 244 Å². The van der Waals surface area contributed by atoms with Crippen LogP contribution in [-0.4, -0.2) is 43.8 Å². The molecule has 9 nitrogen and oxygen atoms in total. The van der Waals surface area contributed by atoms with Crippen LogP contribution in [0.5, 0.6) is 5.75 Å². The number of pyridine rings is 2. The molecule has 10 heteroatoms. The Balaban J connectivity index is 1.19. The Morgan fingerprint density at radius 1 is 1.15 bits per heavy atom. The number of carbonyl (C=O) groups excluding carboxylic acids is 1. The molecule has 0 aliphatic carbocycles. The minimum Gasteiger partial charge on any atom is -0.482 e. The van der Waals surface area contributed by atoms with Crippen LogP contribution in [0.2, 0.25) is 5.02 Å². The number of amides is 2. The van der Waals surface area contributed by atoms with Crippen LogP contribution in [0.3, 0.4) is 0 Å². The van der Waals surface area contributed by atoms with E-state index in [-0.39, 0.29) is 17.6 Å². The van der Waals surface area contributed by atoms with Crippen molar-refractivity contribution in [2.24, 2.45) is 0 Å². The minimum atomic E-state index is -0.641. The number of aryl methyl sites for hydroxylation is 1. The quantitative estimate of drug-likeness (QED) is 0.307. The van der Waals surface area contributed by atoms with Crippen molar-refractivity contribution in [3.8, 4) is 17.0 Å². The van der Waals surface area contributed by atoms with Gasteiger partial charge in [0.15, 0.2) is 11.6 Å². The van der Waals surface area contributed by atoms with Gasteiger partial charge in [-0.25, -0.2) is 9.78 Å². The van der Waals surface area contributed by atoms with E-state index >= 15 is 0 Å². The smallest absolute Gasteiger partial charge is 0.318 e. The summed E-state index contributed by atoms with van der Waals surface area (Å²) < 4.78 is 8.27. The number of aromatic nitrogens is 4. The third-order valence-electron chi connectivity index (χ3n) is 8.38. The summed E-state index contributed by atoms with van der Waals surface area (Å²) in [6.45, 7) is 8.01. The molecule has 1 spiro atoms. The Morgan fingerprint density at radius 3 is 2.71 bits per heavy atom. The lowest BCUT2D eigenvalue weighted by Gasteiger charge is -2.31. The molecule has 4 aromatic rings. The van der Waals surface area contributed by atoms with Crippen LogP contribution in [0.15, 0.2) is 67.1 Å². The molecule has 2 aliphatic rings. The number of nitrogen functional groups attached to an aromatic ring is 1. The fourth-order valence-corrected chi connectivity index (χ4v) is 6.39. The van der Waals surface area contributed by atoms with Gasteiger partial charge in [-0.1, -0.05) is 41.9 Å². The van der Waals surface area contributed by atoms with Crippen LogP contribution in [0, 0.1) is 0 Å². The average molecular weight is 572 g/mol. The van der Waals surface area contributed by atoms with Crippen molar-refractivity contribution in [1.29, 1.82) is 0 Å². The summed E-state index contributed by atoms with van der Waals surface area (Å²) in [4.78, 5) is 23.8. The van der Waals surface area contributed by atoms with Gasteiger partial charge in [-0.2, -0.15) is 5.10 Å². The van der Waals surface area contributed by atoms with Crippen molar-refractivity contribution < 1.29 is 9.53 Å². The van der Waals surface area contributed by atoms with Gasteiger partial charge in [0.1, 0.15) is 6.10 Å². The van der Waals surface area contributed by atoms with Gasteiger partial charge in [0, 0.05) is 54.9 Å². The van der Waals surface area contributed by atoms with Gasteiger partial charge in [-0.05, 0) is 62.9 Å². The molecule has 0 bridgehead atoms. The highest BCUT2D eigenvalue weighted by molar-refractivity contribution is 6.31. The molecule has 2 atom stereocenters. The second kappa shape index (κ2) is 10.4. The number of fused-ring (bicyclic) bond motifs is 2. The zero-order valence-corrected chi connectivity index (χ0v) is 24.2. The number of nitrogens with one attached hydrogen (secondary N) is 1. The van der Waals surface area contributed by atoms with Crippen LogP contribution >= 0.6 is 11.6 Å². The van der Waals surface area contributed by atoms with E-state index in [0.29, 0.717) is 29.7 Å². The third kappa shape index (κ3) is 5.10. The number of nitrogens with two attached hydrogens (primary N) is 1. The average Bonchev–Trinajstić information content (AvgIpc) is 3.67. The van der Waals surface area contributed by atoms with Crippen molar-refractivity contribution in [2.75, 3.05) is 18.8 Å². The van der Waals surface area contributed by atoms with Crippen LogP contribution in [-0.2, 0) is 17.5 Å². The molecule has 1 fully saturated rings. The predicted octanol–water partition coefficient (Wildman–Crippen LogP) is 5.71. The molecule has 3 N–H and O–H groups in total. The molecule has 5 heterocycles. The molecule has 1 saturated heterocycles. The Kier molecular flexibility index (Phi) is 6.85. The van der Waals surface area contributed by atoms with Crippen molar-refractivity contribution in [1.82, 2.24) is 30.0 Å². The minimum absolute atomic E-state index is 0.102. The first-order valence-electron chi connectivity index (χ1n) is 13.9. The molecule has 212 valence electrons. The van der Waals surface area contributed by atoms with E-state index in [2.05, 4.69) is 26.0 Å². The number of ether oxygens (including phenoxy) is 1. The number of nitrogens with zero attached hydrogens (tertiary/aromatic N) is 5. The second-order valence-corrected chi connectivity index (χ2v) is 11.9. The van der Waals surface area contributed by atoms with E-state index in [1.165, 1.54) is 0 Å². The lowest BCUT2D eigenvalue weighted by Crippen LogP contribution is -2.48. The largest absolute Gasteiger partial charge is 0.482 e. The Hall–Kier alpha value is -4.11. The molecular weight excluding hydrogens is 538 g/mol. The number of carbonyl (C=O) groups is 1. The van der Waals surface area contributed by atoms with E-state index in [1.54, 1.807) is 18.6 Å². The summed E-state index contributed by atoms with van der Waals surface area (Å²) in [5.41, 5.74) is 10.1. The number of urea groups is 1. The van der Waals surface area contributed by atoms with Crippen LogP contribution in [0.1, 0.15) is 56.5 Å². The first-order valence-corrected chi connectivity index (χ1v) is 14.3. The van der Waals surface area contributed by atoms with Crippen LogP contribution < -0.4 is 15.8 Å². The molecule has 41 heavy (non-hydrogen) atoms. The summed E-state index contributed by atoms with van der Waals surface area (Å²) >= 11 is 6.37. The first-order chi connectivity index (χ1) is 19.6. The summed E-state index contributed by atoms with van der Waals surface area (Å²) in [5.74, 6) is 0.871.